The highest BCUT2D eigenvalue weighted by molar-refractivity contribution is 5.94. The van der Waals surface area contributed by atoms with E-state index in [-0.39, 0.29) is 5.91 Å². The summed E-state index contributed by atoms with van der Waals surface area (Å²) in [4.78, 5) is 21.8. The van der Waals surface area contributed by atoms with Crippen LogP contribution in [0.5, 0.6) is 5.88 Å². The first-order valence-corrected chi connectivity index (χ1v) is 9.00. The molecule has 0 bridgehead atoms. The molecule has 0 fully saturated rings. The molecule has 1 aliphatic heterocycles. The second-order valence-corrected chi connectivity index (χ2v) is 6.71. The minimum absolute atomic E-state index is 0.0263. The number of aromatic nitrogens is 3. The van der Waals surface area contributed by atoms with E-state index in [1.165, 1.54) is 0 Å². The Bertz CT molecular complexity index is 1050. The van der Waals surface area contributed by atoms with Crippen molar-refractivity contribution in [2.75, 3.05) is 6.54 Å². The average Bonchev–Trinajstić information content (AvgIpc) is 3.14. The van der Waals surface area contributed by atoms with Gasteiger partial charge in [0, 0.05) is 18.2 Å². The first-order chi connectivity index (χ1) is 13.6. The molecule has 0 unspecified atom stereocenters. The molecular formula is C21H19N5O2. The molecule has 4 rings (SSSR count). The van der Waals surface area contributed by atoms with E-state index in [9.17, 15) is 4.79 Å². The summed E-state index contributed by atoms with van der Waals surface area (Å²) in [5.74, 6) is 0.884. The summed E-state index contributed by atoms with van der Waals surface area (Å²) in [6.45, 7) is 11.1. The van der Waals surface area contributed by atoms with E-state index in [1.807, 2.05) is 52.9 Å². The number of ether oxygens (including phenoxy) is 1. The van der Waals surface area contributed by atoms with Gasteiger partial charge in [-0.25, -0.2) is 0 Å². The Morgan fingerprint density at radius 1 is 1.21 bits per heavy atom. The van der Waals surface area contributed by atoms with Crippen LogP contribution in [0.15, 0.2) is 48.7 Å². The molecule has 2 aromatic heterocycles. The van der Waals surface area contributed by atoms with Crippen molar-refractivity contribution in [3.05, 3.63) is 82.5 Å². The molecule has 0 atom stereocenters. The van der Waals surface area contributed by atoms with Crippen molar-refractivity contribution in [3.63, 3.8) is 0 Å². The minimum Gasteiger partial charge on any atom is -0.472 e. The number of aryl methyl sites for hydroxylation is 1. The van der Waals surface area contributed by atoms with Gasteiger partial charge in [-0.2, -0.15) is 0 Å². The van der Waals surface area contributed by atoms with Crippen LogP contribution in [0.3, 0.4) is 0 Å². The predicted molar refractivity (Wildman–Crippen MR) is 103 cm³/mol. The Morgan fingerprint density at radius 2 is 2.04 bits per heavy atom. The molecule has 0 aliphatic carbocycles. The summed E-state index contributed by atoms with van der Waals surface area (Å²) in [6.07, 6.45) is 1.60. The normalized spacial score (nSPS) is 12.9. The predicted octanol–water partition coefficient (Wildman–Crippen LogP) is 3.37. The van der Waals surface area contributed by atoms with E-state index >= 15 is 0 Å². The third kappa shape index (κ3) is 3.71. The third-order valence-corrected chi connectivity index (χ3v) is 4.67. The van der Waals surface area contributed by atoms with E-state index in [2.05, 4.69) is 14.9 Å². The van der Waals surface area contributed by atoms with Crippen LogP contribution in [0, 0.1) is 13.5 Å². The van der Waals surface area contributed by atoms with E-state index in [1.54, 1.807) is 12.3 Å². The number of pyridine rings is 1. The van der Waals surface area contributed by atoms with Crippen LogP contribution in [0.4, 0.5) is 5.82 Å². The van der Waals surface area contributed by atoms with Gasteiger partial charge in [-0.15, -0.1) is 10.1 Å². The van der Waals surface area contributed by atoms with Gasteiger partial charge in [-0.1, -0.05) is 24.3 Å². The van der Waals surface area contributed by atoms with Crippen molar-refractivity contribution in [2.24, 2.45) is 0 Å². The monoisotopic (exact) mass is 373 g/mol. The SMILES string of the molecule is [C-]#[N+]c1cc(COc2cc3n(n2)CCN(C(=O)c2ccc(C)cc2)C3)ccn1. The van der Waals surface area contributed by atoms with Gasteiger partial charge in [0.05, 0.1) is 18.8 Å². The lowest BCUT2D eigenvalue weighted by molar-refractivity contribution is 0.0706. The van der Waals surface area contributed by atoms with Gasteiger partial charge in [0.1, 0.15) is 12.8 Å². The minimum atomic E-state index is 0.0263. The smallest absolute Gasteiger partial charge is 0.269 e. The fourth-order valence-electron chi connectivity index (χ4n) is 3.13. The number of carbonyl (C=O) groups is 1. The maximum absolute atomic E-state index is 12.7. The molecule has 0 radical (unpaired) electrons. The summed E-state index contributed by atoms with van der Waals surface area (Å²) in [7, 11) is 0. The Morgan fingerprint density at radius 3 is 2.82 bits per heavy atom. The number of hydrogen-bond donors (Lipinski definition) is 0. The highest BCUT2D eigenvalue weighted by atomic mass is 16.5. The Balaban J connectivity index is 1.42. The molecule has 7 nitrogen and oxygen atoms in total. The molecule has 1 aromatic carbocycles. The highest BCUT2D eigenvalue weighted by Crippen LogP contribution is 2.21. The second-order valence-electron chi connectivity index (χ2n) is 6.71. The number of carbonyl (C=O) groups excluding carboxylic acids is 1. The van der Waals surface area contributed by atoms with Crippen molar-refractivity contribution in [1.82, 2.24) is 19.7 Å². The van der Waals surface area contributed by atoms with E-state index in [4.69, 9.17) is 11.3 Å². The summed E-state index contributed by atoms with van der Waals surface area (Å²) < 4.78 is 7.65. The van der Waals surface area contributed by atoms with Crippen LogP contribution < -0.4 is 4.74 Å². The molecular weight excluding hydrogens is 354 g/mol. The second kappa shape index (κ2) is 7.53. The third-order valence-electron chi connectivity index (χ3n) is 4.67. The van der Waals surface area contributed by atoms with Gasteiger partial charge in [0.2, 0.25) is 5.88 Å². The lowest BCUT2D eigenvalue weighted by Gasteiger charge is -2.27. The lowest BCUT2D eigenvalue weighted by Crippen LogP contribution is -2.38. The van der Waals surface area contributed by atoms with Gasteiger partial charge in [-0.05, 0) is 36.8 Å². The van der Waals surface area contributed by atoms with E-state index in [0.717, 1.165) is 16.8 Å². The van der Waals surface area contributed by atoms with Gasteiger partial charge >= 0.3 is 0 Å². The van der Waals surface area contributed by atoms with E-state index < -0.39 is 0 Å². The van der Waals surface area contributed by atoms with Gasteiger partial charge < -0.3 is 14.5 Å². The standard InChI is InChI=1S/C21H19N5O2/c1-15-3-5-17(6-4-15)21(27)25-9-10-26-18(13-25)12-20(24-26)28-14-16-7-8-23-19(11-16)22-2/h3-8,11-12H,9-10,13-14H2,1H3. The molecule has 140 valence electrons. The zero-order valence-electron chi connectivity index (χ0n) is 15.5. The number of benzene rings is 1. The zero-order chi connectivity index (χ0) is 19.5. The summed E-state index contributed by atoms with van der Waals surface area (Å²) in [5, 5.41) is 4.47. The maximum atomic E-state index is 12.7. The molecule has 0 saturated heterocycles. The van der Waals surface area contributed by atoms with Crippen LogP contribution in [0.2, 0.25) is 0 Å². The number of rotatable bonds is 4. The van der Waals surface area contributed by atoms with Crippen LogP contribution in [0.1, 0.15) is 27.2 Å². The van der Waals surface area contributed by atoms with Gasteiger partial charge in [0.25, 0.3) is 11.7 Å². The van der Waals surface area contributed by atoms with Gasteiger partial charge in [0.15, 0.2) is 0 Å². The molecule has 3 heterocycles. The molecule has 0 spiro atoms. The Kier molecular flexibility index (Phi) is 4.77. The fourth-order valence-corrected chi connectivity index (χ4v) is 3.13. The fraction of sp³-hybridized carbons (Fsp3) is 0.238. The molecule has 1 amide bonds. The quantitative estimate of drug-likeness (QED) is 0.658. The summed E-state index contributed by atoms with van der Waals surface area (Å²) in [5.41, 5.74) is 3.64. The van der Waals surface area contributed by atoms with Crippen molar-refractivity contribution in [2.45, 2.75) is 26.6 Å². The Labute approximate surface area is 163 Å². The number of hydrogen-bond acceptors (Lipinski definition) is 4. The summed E-state index contributed by atoms with van der Waals surface area (Å²) in [6, 6.07) is 13.0. The molecule has 0 saturated carbocycles. The number of fused-ring (bicyclic) bond motifs is 1. The average molecular weight is 373 g/mol. The first kappa shape index (κ1) is 17.7. The largest absolute Gasteiger partial charge is 0.472 e. The first-order valence-electron chi connectivity index (χ1n) is 9.00. The van der Waals surface area contributed by atoms with Gasteiger partial charge in [-0.3, -0.25) is 9.48 Å². The molecule has 0 N–H and O–H groups in total. The summed E-state index contributed by atoms with van der Waals surface area (Å²) >= 11 is 0. The van der Waals surface area contributed by atoms with Crippen LogP contribution in [0.25, 0.3) is 4.85 Å². The Hall–Kier alpha value is -3.66. The van der Waals surface area contributed by atoms with Crippen molar-refractivity contribution in [1.29, 1.82) is 0 Å². The topological polar surface area (TPSA) is 64.6 Å². The maximum Gasteiger partial charge on any atom is 0.269 e. The highest BCUT2D eigenvalue weighted by Gasteiger charge is 2.23. The van der Waals surface area contributed by atoms with Crippen molar-refractivity contribution < 1.29 is 9.53 Å². The molecule has 28 heavy (non-hydrogen) atoms. The lowest BCUT2D eigenvalue weighted by atomic mass is 10.1. The van der Waals surface area contributed by atoms with Crippen LogP contribution >= 0.6 is 0 Å². The van der Waals surface area contributed by atoms with Crippen LogP contribution in [-0.2, 0) is 19.7 Å². The molecule has 3 aromatic rings. The molecule has 7 heteroatoms. The number of nitrogens with zero attached hydrogens (tertiary/aromatic N) is 5. The number of amides is 1. The van der Waals surface area contributed by atoms with Crippen molar-refractivity contribution in [3.8, 4) is 5.88 Å². The van der Waals surface area contributed by atoms with E-state index in [0.29, 0.717) is 43.5 Å². The molecule has 1 aliphatic rings. The zero-order valence-corrected chi connectivity index (χ0v) is 15.5. The van der Waals surface area contributed by atoms with Crippen molar-refractivity contribution >= 4 is 11.7 Å². The van der Waals surface area contributed by atoms with Crippen LogP contribution in [-0.4, -0.2) is 32.1 Å².